The molecule has 0 bridgehead atoms. The second-order valence-corrected chi connectivity index (χ2v) is 6.94. The molecular formula is C22H22N4O2. The minimum absolute atomic E-state index is 0.0725. The van der Waals surface area contributed by atoms with Crippen molar-refractivity contribution in [3.8, 4) is 0 Å². The van der Waals surface area contributed by atoms with E-state index in [2.05, 4.69) is 10.3 Å². The maximum atomic E-state index is 12.9. The largest absolute Gasteiger partial charge is 0.354 e. The maximum absolute atomic E-state index is 12.9. The van der Waals surface area contributed by atoms with Gasteiger partial charge in [-0.2, -0.15) is 4.98 Å². The van der Waals surface area contributed by atoms with Crippen LogP contribution in [0.25, 0.3) is 16.6 Å². The molecule has 1 N–H and O–H groups in total. The molecule has 0 aliphatic carbocycles. The predicted octanol–water partition coefficient (Wildman–Crippen LogP) is 2.88. The molecule has 6 nitrogen and oxygen atoms in total. The van der Waals surface area contributed by atoms with E-state index in [1.807, 2.05) is 77.6 Å². The molecule has 0 aliphatic rings. The lowest BCUT2D eigenvalue weighted by molar-refractivity contribution is -0.124. The number of hydrogen-bond acceptors (Lipinski definition) is 3. The molecule has 4 rings (SSSR count). The summed E-state index contributed by atoms with van der Waals surface area (Å²) in [4.78, 5) is 29.0. The van der Waals surface area contributed by atoms with Crippen LogP contribution < -0.4 is 10.9 Å². The predicted molar refractivity (Wildman–Crippen MR) is 110 cm³/mol. The molecule has 4 aromatic rings. The summed E-state index contributed by atoms with van der Waals surface area (Å²) in [5.41, 5.74) is 3.10. The number of carbonyl (C=O) groups is 1. The quantitative estimate of drug-likeness (QED) is 0.584. The molecule has 0 saturated carbocycles. The highest BCUT2D eigenvalue weighted by Crippen LogP contribution is 2.24. The van der Waals surface area contributed by atoms with Crippen molar-refractivity contribution in [1.29, 1.82) is 0 Å². The van der Waals surface area contributed by atoms with Crippen molar-refractivity contribution < 1.29 is 4.79 Å². The third-order valence-electron chi connectivity index (χ3n) is 4.99. The van der Waals surface area contributed by atoms with Gasteiger partial charge in [-0.3, -0.25) is 14.3 Å². The first-order chi connectivity index (χ1) is 13.6. The third-order valence-corrected chi connectivity index (χ3v) is 4.99. The van der Waals surface area contributed by atoms with E-state index >= 15 is 0 Å². The topological polar surface area (TPSA) is 68.4 Å². The Bertz CT molecular complexity index is 1210. The Morgan fingerprint density at radius 2 is 1.82 bits per heavy atom. The normalized spacial score (nSPS) is 12.4. The van der Waals surface area contributed by atoms with Crippen LogP contribution in [-0.2, 0) is 11.2 Å². The van der Waals surface area contributed by atoms with E-state index in [1.165, 1.54) is 11.6 Å². The summed E-state index contributed by atoms with van der Waals surface area (Å²) in [6.07, 6.45) is 0.778. The fourth-order valence-electron chi connectivity index (χ4n) is 3.62. The zero-order chi connectivity index (χ0) is 19.7. The van der Waals surface area contributed by atoms with E-state index in [0.717, 1.165) is 23.0 Å². The lowest BCUT2D eigenvalue weighted by Gasteiger charge is -2.18. The number of nitrogens with zero attached hydrogens (tertiary/aromatic N) is 3. The molecule has 2 aromatic carbocycles. The molecule has 0 radical (unpaired) electrons. The summed E-state index contributed by atoms with van der Waals surface area (Å²) < 4.78 is 3.76. The summed E-state index contributed by atoms with van der Waals surface area (Å²) >= 11 is 0. The van der Waals surface area contributed by atoms with Gasteiger partial charge in [0.25, 0.3) is 5.56 Å². The number of aromatic nitrogens is 3. The molecule has 142 valence electrons. The SMILES string of the molecule is Cc1cc(=O)nc2c3ccccc3n(C(C)C(=O)NCCc3ccccc3)n12. The van der Waals surface area contributed by atoms with Gasteiger partial charge in [-0.05, 0) is 38.0 Å². The summed E-state index contributed by atoms with van der Waals surface area (Å²) in [5.74, 6) is -0.0725. The fraction of sp³-hybridized carbons (Fsp3) is 0.227. The molecule has 28 heavy (non-hydrogen) atoms. The van der Waals surface area contributed by atoms with E-state index in [9.17, 15) is 9.59 Å². The van der Waals surface area contributed by atoms with Crippen molar-refractivity contribution >= 4 is 22.5 Å². The second-order valence-electron chi connectivity index (χ2n) is 6.94. The number of hydrogen-bond donors (Lipinski definition) is 1. The molecule has 0 aliphatic heterocycles. The van der Waals surface area contributed by atoms with E-state index in [0.29, 0.717) is 12.2 Å². The van der Waals surface area contributed by atoms with Crippen molar-refractivity contribution in [2.24, 2.45) is 0 Å². The number of carbonyl (C=O) groups excluding carboxylic acids is 1. The number of nitrogens with one attached hydrogen (secondary N) is 1. The molecule has 0 fully saturated rings. The fourth-order valence-corrected chi connectivity index (χ4v) is 3.62. The standard InChI is InChI=1S/C22H22N4O2/c1-15-14-20(27)24-21-18-10-6-7-11-19(18)26(25(15)21)16(2)22(28)23-13-12-17-8-4-3-5-9-17/h3-11,14,16H,12-13H2,1-2H3,(H,23,28). The number of amides is 1. The van der Waals surface area contributed by atoms with Gasteiger partial charge in [0.05, 0.1) is 5.52 Å². The molecule has 2 aromatic heterocycles. The zero-order valence-corrected chi connectivity index (χ0v) is 15.9. The minimum Gasteiger partial charge on any atom is -0.354 e. The molecule has 1 atom stereocenters. The third kappa shape index (κ3) is 3.17. The van der Waals surface area contributed by atoms with Crippen LogP contribution in [0.1, 0.15) is 24.2 Å². The van der Waals surface area contributed by atoms with Crippen molar-refractivity contribution in [3.05, 3.63) is 82.3 Å². The van der Waals surface area contributed by atoms with Gasteiger partial charge in [0.2, 0.25) is 5.91 Å². The van der Waals surface area contributed by atoms with E-state index < -0.39 is 6.04 Å². The average molecular weight is 374 g/mol. The number of fused-ring (bicyclic) bond motifs is 3. The molecule has 2 heterocycles. The molecule has 0 spiro atoms. The summed E-state index contributed by atoms with van der Waals surface area (Å²) in [6, 6.07) is 18.8. The first-order valence-electron chi connectivity index (χ1n) is 9.37. The minimum atomic E-state index is -0.457. The molecule has 1 unspecified atom stereocenters. The Kier molecular flexibility index (Phi) is 4.69. The van der Waals surface area contributed by atoms with Gasteiger partial charge in [0.15, 0.2) is 5.65 Å². The van der Waals surface area contributed by atoms with Crippen LogP contribution in [-0.4, -0.2) is 26.6 Å². The second kappa shape index (κ2) is 7.31. The lowest BCUT2D eigenvalue weighted by atomic mass is 10.1. The van der Waals surface area contributed by atoms with Crippen molar-refractivity contribution in [2.75, 3.05) is 6.54 Å². The van der Waals surface area contributed by atoms with Crippen molar-refractivity contribution in [2.45, 2.75) is 26.3 Å². The van der Waals surface area contributed by atoms with Crippen molar-refractivity contribution in [3.63, 3.8) is 0 Å². The van der Waals surface area contributed by atoms with Crippen molar-refractivity contribution in [1.82, 2.24) is 19.5 Å². The average Bonchev–Trinajstić information content (AvgIpc) is 3.03. The molecule has 0 saturated heterocycles. The Morgan fingerprint density at radius 1 is 1.11 bits per heavy atom. The number of aryl methyl sites for hydroxylation is 1. The van der Waals surface area contributed by atoms with Crippen LogP contribution in [0.5, 0.6) is 0 Å². The summed E-state index contributed by atoms with van der Waals surface area (Å²) in [5, 5.41) is 3.88. The van der Waals surface area contributed by atoms with Gasteiger partial charge in [0, 0.05) is 23.7 Å². The van der Waals surface area contributed by atoms with Crippen LogP contribution in [0.4, 0.5) is 0 Å². The molecule has 1 amide bonds. The highest BCUT2D eigenvalue weighted by Gasteiger charge is 2.22. The first kappa shape index (κ1) is 18.0. The summed E-state index contributed by atoms with van der Waals surface area (Å²) in [7, 11) is 0. The van der Waals surface area contributed by atoms with Gasteiger partial charge in [0.1, 0.15) is 6.04 Å². The lowest BCUT2D eigenvalue weighted by Crippen LogP contribution is -2.34. The molecule has 6 heteroatoms. The van der Waals surface area contributed by atoms with Crippen LogP contribution >= 0.6 is 0 Å². The van der Waals surface area contributed by atoms with Gasteiger partial charge in [-0.1, -0.05) is 42.5 Å². The van der Waals surface area contributed by atoms with Crippen LogP contribution in [0.3, 0.4) is 0 Å². The Morgan fingerprint density at radius 3 is 2.61 bits per heavy atom. The zero-order valence-electron chi connectivity index (χ0n) is 15.9. The monoisotopic (exact) mass is 374 g/mol. The van der Waals surface area contributed by atoms with E-state index in [1.54, 1.807) is 0 Å². The summed E-state index contributed by atoms with van der Waals surface area (Å²) in [6.45, 7) is 4.28. The van der Waals surface area contributed by atoms with Crippen LogP contribution in [0.15, 0.2) is 65.5 Å². The van der Waals surface area contributed by atoms with E-state index in [-0.39, 0.29) is 11.5 Å². The number of para-hydroxylation sites is 1. The smallest absolute Gasteiger partial charge is 0.273 e. The Hall–Kier alpha value is -3.41. The number of benzene rings is 2. The van der Waals surface area contributed by atoms with Crippen LogP contribution in [0, 0.1) is 6.92 Å². The van der Waals surface area contributed by atoms with Gasteiger partial charge < -0.3 is 5.32 Å². The maximum Gasteiger partial charge on any atom is 0.273 e. The highest BCUT2D eigenvalue weighted by atomic mass is 16.2. The highest BCUT2D eigenvalue weighted by molar-refractivity contribution is 5.94. The van der Waals surface area contributed by atoms with Gasteiger partial charge in [-0.25, -0.2) is 4.52 Å². The molecular weight excluding hydrogens is 352 g/mol. The Labute approximate surface area is 162 Å². The first-order valence-corrected chi connectivity index (χ1v) is 9.37. The van der Waals surface area contributed by atoms with Crippen LogP contribution in [0.2, 0.25) is 0 Å². The van der Waals surface area contributed by atoms with E-state index in [4.69, 9.17) is 0 Å². The van der Waals surface area contributed by atoms with Gasteiger partial charge >= 0.3 is 0 Å². The van der Waals surface area contributed by atoms with Gasteiger partial charge in [-0.15, -0.1) is 0 Å². The Balaban J connectivity index is 1.67. The number of rotatable bonds is 5.